The summed E-state index contributed by atoms with van der Waals surface area (Å²) in [7, 11) is 0. The molecule has 0 saturated carbocycles. The number of pyridine rings is 1. The molecule has 7 heteroatoms. The number of halogens is 1. The van der Waals surface area contributed by atoms with E-state index in [0.29, 0.717) is 24.6 Å². The van der Waals surface area contributed by atoms with Crippen molar-refractivity contribution >= 4 is 12.4 Å². The SMILES string of the molecule is Cl.c1cncc(Cc2noc(CC3CNCCO3)n2)c1. The highest BCUT2D eigenvalue weighted by Crippen LogP contribution is 2.09. The van der Waals surface area contributed by atoms with Crippen molar-refractivity contribution in [3.05, 3.63) is 41.8 Å². The van der Waals surface area contributed by atoms with Crippen molar-refractivity contribution in [1.29, 1.82) is 0 Å². The highest BCUT2D eigenvalue weighted by Gasteiger charge is 2.17. The first-order valence-electron chi connectivity index (χ1n) is 6.43. The van der Waals surface area contributed by atoms with E-state index in [4.69, 9.17) is 9.26 Å². The van der Waals surface area contributed by atoms with Crippen LogP contribution in [0, 0.1) is 0 Å². The van der Waals surface area contributed by atoms with Crippen LogP contribution in [-0.2, 0) is 17.6 Å². The van der Waals surface area contributed by atoms with Crippen molar-refractivity contribution in [1.82, 2.24) is 20.4 Å². The summed E-state index contributed by atoms with van der Waals surface area (Å²) in [6.07, 6.45) is 4.98. The number of aromatic nitrogens is 3. The first kappa shape index (κ1) is 14.9. The minimum absolute atomic E-state index is 0. The summed E-state index contributed by atoms with van der Waals surface area (Å²) < 4.78 is 10.9. The molecular formula is C13H17ClN4O2. The van der Waals surface area contributed by atoms with E-state index >= 15 is 0 Å². The molecule has 0 spiro atoms. The molecule has 20 heavy (non-hydrogen) atoms. The highest BCUT2D eigenvalue weighted by atomic mass is 35.5. The van der Waals surface area contributed by atoms with Gasteiger partial charge in [0.05, 0.1) is 19.1 Å². The third-order valence-corrected chi connectivity index (χ3v) is 3.00. The predicted octanol–water partition coefficient (Wildman–Crippen LogP) is 1.01. The van der Waals surface area contributed by atoms with Gasteiger partial charge >= 0.3 is 0 Å². The van der Waals surface area contributed by atoms with Crippen molar-refractivity contribution in [2.75, 3.05) is 19.7 Å². The molecule has 3 heterocycles. The maximum Gasteiger partial charge on any atom is 0.229 e. The van der Waals surface area contributed by atoms with Crippen LogP contribution in [0.25, 0.3) is 0 Å². The van der Waals surface area contributed by atoms with Crippen LogP contribution >= 0.6 is 12.4 Å². The Kier molecular flexibility index (Phi) is 5.46. The molecule has 108 valence electrons. The van der Waals surface area contributed by atoms with Crippen LogP contribution in [0.3, 0.4) is 0 Å². The zero-order valence-corrected chi connectivity index (χ0v) is 11.8. The summed E-state index contributed by atoms with van der Waals surface area (Å²) >= 11 is 0. The maximum atomic E-state index is 5.61. The zero-order valence-electron chi connectivity index (χ0n) is 11.0. The fourth-order valence-corrected chi connectivity index (χ4v) is 2.08. The third kappa shape index (κ3) is 4.00. The van der Waals surface area contributed by atoms with Crippen molar-refractivity contribution in [2.24, 2.45) is 0 Å². The number of ether oxygens (including phenoxy) is 1. The van der Waals surface area contributed by atoms with Crippen LogP contribution in [0.5, 0.6) is 0 Å². The number of hydrogen-bond donors (Lipinski definition) is 1. The largest absolute Gasteiger partial charge is 0.375 e. The van der Waals surface area contributed by atoms with E-state index in [2.05, 4.69) is 20.4 Å². The van der Waals surface area contributed by atoms with Crippen LogP contribution in [0.15, 0.2) is 29.0 Å². The molecule has 1 N–H and O–H groups in total. The van der Waals surface area contributed by atoms with E-state index in [1.165, 1.54) is 0 Å². The predicted molar refractivity (Wildman–Crippen MR) is 74.9 cm³/mol. The van der Waals surface area contributed by atoms with Gasteiger partial charge in [-0.05, 0) is 11.6 Å². The van der Waals surface area contributed by atoms with E-state index < -0.39 is 0 Å². The minimum atomic E-state index is 0. The minimum Gasteiger partial charge on any atom is -0.375 e. The van der Waals surface area contributed by atoms with Crippen molar-refractivity contribution in [2.45, 2.75) is 18.9 Å². The Balaban J connectivity index is 0.00000147. The van der Waals surface area contributed by atoms with Gasteiger partial charge in [0, 0.05) is 31.9 Å². The van der Waals surface area contributed by atoms with Crippen LogP contribution in [0.4, 0.5) is 0 Å². The molecule has 2 aromatic heterocycles. The number of rotatable bonds is 4. The van der Waals surface area contributed by atoms with Crippen LogP contribution in [0.2, 0.25) is 0 Å². The van der Waals surface area contributed by atoms with Gasteiger partial charge < -0.3 is 14.6 Å². The average Bonchev–Trinajstić information content (AvgIpc) is 2.88. The van der Waals surface area contributed by atoms with Gasteiger partial charge in [0.2, 0.25) is 5.89 Å². The molecule has 1 aliphatic rings. The van der Waals surface area contributed by atoms with Gasteiger partial charge in [-0.25, -0.2) is 0 Å². The standard InChI is InChI=1S/C13H16N4O2.ClH/c1-2-10(8-14-3-1)6-12-16-13(19-17-12)7-11-9-15-4-5-18-11;/h1-3,8,11,15H,4-7,9H2;1H. The molecule has 1 saturated heterocycles. The number of hydrogen-bond acceptors (Lipinski definition) is 6. The molecule has 1 atom stereocenters. The van der Waals surface area contributed by atoms with Crippen molar-refractivity contribution in [3.63, 3.8) is 0 Å². The lowest BCUT2D eigenvalue weighted by Gasteiger charge is -2.21. The summed E-state index contributed by atoms with van der Waals surface area (Å²) in [5, 5.41) is 7.27. The lowest BCUT2D eigenvalue weighted by molar-refractivity contribution is 0.0246. The Hall–Kier alpha value is -1.50. The molecular weight excluding hydrogens is 280 g/mol. The van der Waals surface area contributed by atoms with Gasteiger partial charge in [-0.1, -0.05) is 11.2 Å². The number of nitrogens with zero attached hydrogens (tertiary/aromatic N) is 3. The molecule has 1 unspecified atom stereocenters. The second-order valence-electron chi connectivity index (χ2n) is 4.54. The quantitative estimate of drug-likeness (QED) is 0.908. The Morgan fingerprint density at radius 3 is 3.10 bits per heavy atom. The maximum absolute atomic E-state index is 5.61. The zero-order chi connectivity index (χ0) is 12.9. The van der Waals surface area contributed by atoms with Gasteiger partial charge in [0.25, 0.3) is 0 Å². The molecule has 3 rings (SSSR count). The Bertz CT molecular complexity index is 514. The van der Waals surface area contributed by atoms with Crippen molar-refractivity contribution in [3.8, 4) is 0 Å². The summed E-state index contributed by atoms with van der Waals surface area (Å²) in [5.41, 5.74) is 1.07. The van der Waals surface area contributed by atoms with Crippen molar-refractivity contribution < 1.29 is 9.26 Å². The lowest BCUT2D eigenvalue weighted by atomic mass is 10.2. The Labute approximate surface area is 123 Å². The molecule has 0 aliphatic carbocycles. The molecule has 0 radical (unpaired) electrons. The van der Waals surface area contributed by atoms with Gasteiger partial charge in [-0.2, -0.15) is 4.98 Å². The summed E-state index contributed by atoms with van der Waals surface area (Å²) in [6, 6.07) is 3.90. The second-order valence-corrected chi connectivity index (χ2v) is 4.54. The van der Waals surface area contributed by atoms with Crippen LogP contribution in [0.1, 0.15) is 17.3 Å². The van der Waals surface area contributed by atoms with Crippen LogP contribution < -0.4 is 5.32 Å². The third-order valence-electron chi connectivity index (χ3n) is 3.00. The van der Waals surface area contributed by atoms with Gasteiger partial charge in [0.15, 0.2) is 5.82 Å². The first-order chi connectivity index (χ1) is 9.40. The fraction of sp³-hybridized carbons (Fsp3) is 0.462. The molecule has 0 amide bonds. The Morgan fingerprint density at radius 1 is 1.40 bits per heavy atom. The second kappa shape index (κ2) is 7.33. The smallest absolute Gasteiger partial charge is 0.229 e. The summed E-state index contributed by atoms with van der Waals surface area (Å²) in [5.74, 6) is 1.32. The fourth-order valence-electron chi connectivity index (χ4n) is 2.08. The average molecular weight is 297 g/mol. The molecule has 2 aromatic rings. The van der Waals surface area contributed by atoms with E-state index in [9.17, 15) is 0 Å². The summed E-state index contributed by atoms with van der Waals surface area (Å²) in [6.45, 7) is 2.48. The van der Waals surface area contributed by atoms with Crippen LogP contribution in [-0.4, -0.2) is 40.9 Å². The molecule has 1 aliphatic heterocycles. The van der Waals surface area contributed by atoms with E-state index in [0.717, 1.165) is 25.3 Å². The highest BCUT2D eigenvalue weighted by molar-refractivity contribution is 5.85. The molecule has 0 aromatic carbocycles. The molecule has 6 nitrogen and oxygen atoms in total. The first-order valence-corrected chi connectivity index (χ1v) is 6.43. The van der Waals surface area contributed by atoms with E-state index in [-0.39, 0.29) is 18.5 Å². The van der Waals surface area contributed by atoms with Gasteiger partial charge in [-0.15, -0.1) is 12.4 Å². The lowest BCUT2D eigenvalue weighted by Crippen LogP contribution is -2.39. The Morgan fingerprint density at radius 2 is 2.35 bits per heavy atom. The summed E-state index contributed by atoms with van der Waals surface area (Å²) in [4.78, 5) is 8.45. The van der Waals surface area contributed by atoms with Gasteiger partial charge in [0.1, 0.15) is 0 Å². The monoisotopic (exact) mass is 296 g/mol. The van der Waals surface area contributed by atoms with E-state index in [1.54, 1.807) is 6.20 Å². The molecule has 0 bridgehead atoms. The number of morpholine rings is 1. The normalized spacial score (nSPS) is 18.5. The molecule has 1 fully saturated rings. The number of nitrogens with one attached hydrogen (secondary N) is 1. The van der Waals surface area contributed by atoms with Gasteiger partial charge in [-0.3, -0.25) is 4.98 Å². The topological polar surface area (TPSA) is 73.1 Å². The van der Waals surface area contributed by atoms with E-state index in [1.807, 2.05) is 18.3 Å².